The van der Waals surface area contributed by atoms with Crippen LogP contribution in [0.4, 0.5) is 0 Å². The van der Waals surface area contributed by atoms with Gasteiger partial charge in [-0.1, -0.05) is 24.2 Å². The van der Waals surface area contributed by atoms with Gasteiger partial charge in [-0.15, -0.1) is 11.3 Å². The van der Waals surface area contributed by atoms with E-state index in [0.29, 0.717) is 70.0 Å². The van der Waals surface area contributed by atoms with Gasteiger partial charge in [-0.3, -0.25) is 19.2 Å². The molecule has 2 atom stereocenters. The number of likely N-dealkylation sites (tertiary alicyclic amines) is 1. The number of aryl methyl sites for hydroxylation is 3. The first-order chi connectivity index (χ1) is 21.7. The highest BCUT2D eigenvalue weighted by Gasteiger charge is 2.40. The molecule has 1 fully saturated rings. The summed E-state index contributed by atoms with van der Waals surface area (Å²) in [4.78, 5) is 56.6. The zero-order chi connectivity index (χ0) is 32.3. The number of carboxylic acid groups (broad SMARTS) is 1. The zero-order valence-electron chi connectivity index (χ0n) is 26.0. The Labute approximate surface area is 266 Å². The van der Waals surface area contributed by atoms with E-state index in [9.17, 15) is 14.4 Å². The Morgan fingerprint density at radius 1 is 1.16 bits per heavy atom. The summed E-state index contributed by atoms with van der Waals surface area (Å²) < 4.78 is 11.3. The van der Waals surface area contributed by atoms with Crippen molar-refractivity contribution >= 4 is 35.5 Å². The Balaban J connectivity index is 0.00000148. The molecule has 0 saturated carbocycles. The number of benzene rings is 1. The van der Waals surface area contributed by atoms with Crippen molar-refractivity contribution in [3.8, 4) is 5.75 Å². The molecule has 3 aromatic rings. The molecular formula is C32H41N5O7S. The maximum atomic E-state index is 13.6. The standard InChI is InChI=1S/C31H39N5O5S.CH2O2/c1-4-7-28-33-27(19-42-28)31(39)35-13-6-15-40-23-9-5-8-22(16-23)25-17-36(18-26(25)30(38)32-12-14-35)29(37)11-10-24-20(2)34-41-21(24)3;2-1-3/h5,8-9,16,19,25-26H,4,6-7,10-15,17-18H2,1-3H3,(H,32,38);1H,(H,2,3)/t25-,26+;/m1./s1. The number of fused-ring (bicyclic) bond motifs is 4. The quantitative estimate of drug-likeness (QED) is 0.385. The number of nitrogens with zero attached hydrogens (tertiary/aromatic N) is 4. The van der Waals surface area contributed by atoms with Crippen LogP contribution in [0, 0.1) is 19.8 Å². The normalized spacial score (nSPS) is 18.5. The maximum Gasteiger partial charge on any atom is 0.290 e. The molecule has 2 aliphatic heterocycles. The average Bonchev–Trinajstić information content (AvgIpc) is 3.76. The molecule has 45 heavy (non-hydrogen) atoms. The molecule has 0 aliphatic carbocycles. The first kappa shape index (κ1) is 33.6. The second-order valence-corrected chi connectivity index (χ2v) is 12.1. The Kier molecular flexibility index (Phi) is 12.1. The lowest BCUT2D eigenvalue weighted by atomic mass is 9.88. The molecule has 12 nitrogen and oxygen atoms in total. The van der Waals surface area contributed by atoms with Crippen LogP contribution < -0.4 is 10.1 Å². The number of nitrogens with one attached hydrogen (secondary N) is 1. The lowest BCUT2D eigenvalue weighted by molar-refractivity contribution is -0.130. The molecule has 3 amide bonds. The summed E-state index contributed by atoms with van der Waals surface area (Å²) in [6, 6.07) is 7.81. The second-order valence-electron chi connectivity index (χ2n) is 11.2. The number of amides is 3. The van der Waals surface area contributed by atoms with E-state index in [1.165, 1.54) is 11.3 Å². The van der Waals surface area contributed by atoms with Gasteiger partial charge in [0.15, 0.2) is 0 Å². The van der Waals surface area contributed by atoms with Crippen LogP contribution in [-0.4, -0.2) is 88.6 Å². The molecule has 2 bridgehead atoms. The third-order valence-corrected chi connectivity index (χ3v) is 9.02. The minimum atomic E-state index is -0.412. The molecule has 0 spiro atoms. The number of carbonyl (C=O) groups excluding carboxylic acids is 3. The molecule has 4 heterocycles. The first-order valence-corrected chi connectivity index (χ1v) is 16.1. The van der Waals surface area contributed by atoms with Gasteiger partial charge in [-0.2, -0.15) is 0 Å². The fraction of sp³-hybridized carbons (Fsp3) is 0.500. The van der Waals surface area contributed by atoms with E-state index in [-0.39, 0.29) is 30.1 Å². The summed E-state index contributed by atoms with van der Waals surface area (Å²) in [6.07, 6.45) is 3.34. The monoisotopic (exact) mass is 639 g/mol. The molecule has 0 radical (unpaired) electrons. The van der Waals surface area contributed by atoms with Gasteiger partial charge in [0.05, 0.1) is 23.2 Å². The number of ether oxygens (including phenoxy) is 1. The van der Waals surface area contributed by atoms with Crippen LogP contribution in [0.5, 0.6) is 5.75 Å². The van der Waals surface area contributed by atoms with E-state index in [0.717, 1.165) is 40.4 Å². The fourth-order valence-corrected chi connectivity index (χ4v) is 6.67. The van der Waals surface area contributed by atoms with Crippen molar-refractivity contribution in [1.82, 2.24) is 25.3 Å². The molecule has 242 valence electrons. The van der Waals surface area contributed by atoms with Crippen LogP contribution in [0.2, 0.25) is 0 Å². The third-order valence-electron chi connectivity index (χ3n) is 8.11. The second kappa shape index (κ2) is 16.2. The van der Waals surface area contributed by atoms with Crippen molar-refractivity contribution in [3.05, 3.63) is 62.9 Å². The van der Waals surface area contributed by atoms with E-state index < -0.39 is 5.92 Å². The highest BCUT2D eigenvalue weighted by Crippen LogP contribution is 2.35. The number of thiazole rings is 1. The van der Waals surface area contributed by atoms with Gasteiger partial charge in [-0.05, 0) is 57.2 Å². The number of hydrogen-bond acceptors (Lipinski definition) is 9. The third kappa shape index (κ3) is 8.68. The molecule has 13 heteroatoms. The van der Waals surface area contributed by atoms with E-state index in [1.807, 2.05) is 43.5 Å². The summed E-state index contributed by atoms with van der Waals surface area (Å²) in [6.45, 7) is 8.01. The van der Waals surface area contributed by atoms with E-state index in [1.54, 1.807) is 9.80 Å². The van der Waals surface area contributed by atoms with Crippen LogP contribution in [0.3, 0.4) is 0 Å². The predicted octanol–water partition coefficient (Wildman–Crippen LogP) is 3.62. The van der Waals surface area contributed by atoms with Gasteiger partial charge in [0.2, 0.25) is 11.8 Å². The van der Waals surface area contributed by atoms with Crippen LogP contribution in [0.15, 0.2) is 34.2 Å². The summed E-state index contributed by atoms with van der Waals surface area (Å²) in [5.41, 5.74) is 3.19. The van der Waals surface area contributed by atoms with Gasteiger partial charge in [0.25, 0.3) is 12.4 Å². The van der Waals surface area contributed by atoms with Gasteiger partial charge < -0.3 is 29.5 Å². The fourth-order valence-electron chi connectivity index (χ4n) is 5.80. The summed E-state index contributed by atoms with van der Waals surface area (Å²) in [5, 5.41) is 16.7. The maximum absolute atomic E-state index is 13.6. The largest absolute Gasteiger partial charge is 0.494 e. The highest BCUT2D eigenvalue weighted by molar-refractivity contribution is 7.09. The van der Waals surface area contributed by atoms with Crippen LogP contribution in [0.25, 0.3) is 0 Å². The molecule has 0 unspecified atom stereocenters. The molecule has 1 aromatic carbocycles. The summed E-state index contributed by atoms with van der Waals surface area (Å²) in [7, 11) is 0. The number of aromatic nitrogens is 2. The Morgan fingerprint density at radius 3 is 2.67 bits per heavy atom. The minimum Gasteiger partial charge on any atom is -0.494 e. The number of carbonyl (C=O) groups is 4. The van der Waals surface area contributed by atoms with E-state index >= 15 is 0 Å². The van der Waals surface area contributed by atoms with Gasteiger partial charge in [-0.25, -0.2) is 4.98 Å². The van der Waals surface area contributed by atoms with Crippen LogP contribution in [-0.2, 0) is 27.2 Å². The lowest BCUT2D eigenvalue weighted by Gasteiger charge is -2.24. The van der Waals surface area contributed by atoms with E-state index in [4.69, 9.17) is 19.2 Å². The number of hydrogen-bond donors (Lipinski definition) is 2. The first-order valence-electron chi connectivity index (χ1n) is 15.3. The lowest BCUT2D eigenvalue weighted by Crippen LogP contribution is -2.42. The van der Waals surface area contributed by atoms with Gasteiger partial charge in [0.1, 0.15) is 17.2 Å². The van der Waals surface area contributed by atoms with Crippen molar-refractivity contribution in [1.29, 1.82) is 0 Å². The average molecular weight is 640 g/mol. The Hall–Kier alpha value is -4.26. The molecule has 2 aromatic heterocycles. The van der Waals surface area contributed by atoms with Crippen molar-refractivity contribution in [2.24, 2.45) is 5.92 Å². The van der Waals surface area contributed by atoms with Crippen molar-refractivity contribution < 1.29 is 33.5 Å². The van der Waals surface area contributed by atoms with E-state index in [2.05, 4.69) is 22.4 Å². The molecular weight excluding hydrogens is 598 g/mol. The molecule has 2 N–H and O–H groups in total. The van der Waals surface area contributed by atoms with Gasteiger partial charge in [0, 0.05) is 56.0 Å². The smallest absolute Gasteiger partial charge is 0.290 e. The molecule has 2 aliphatic rings. The zero-order valence-corrected chi connectivity index (χ0v) is 26.8. The van der Waals surface area contributed by atoms with Crippen molar-refractivity contribution in [3.63, 3.8) is 0 Å². The SMILES string of the molecule is CCCc1nc(C(=O)N2CCCOc3cccc(c3)[C@H]3CN(C(=O)CCc4c(C)noc4C)C[C@@H]3C(=O)NCC2)cs1.O=CO. The van der Waals surface area contributed by atoms with Crippen molar-refractivity contribution in [2.75, 3.05) is 39.3 Å². The summed E-state index contributed by atoms with van der Waals surface area (Å²) in [5.74, 6) is 0.627. The van der Waals surface area contributed by atoms with Crippen LogP contribution in [0.1, 0.15) is 70.2 Å². The minimum absolute atomic E-state index is 0.00287. The Bertz CT molecular complexity index is 1450. The van der Waals surface area contributed by atoms with Gasteiger partial charge >= 0.3 is 0 Å². The van der Waals surface area contributed by atoms with Crippen molar-refractivity contribution in [2.45, 2.75) is 58.8 Å². The Morgan fingerprint density at radius 2 is 1.93 bits per heavy atom. The topological polar surface area (TPSA) is 155 Å². The predicted molar refractivity (Wildman–Crippen MR) is 167 cm³/mol. The van der Waals surface area contributed by atoms with Crippen LogP contribution >= 0.6 is 11.3 Å². The summed E-state index contributed by atoms with van der Waals surface area (Å²) >= 11 is 1.51. The number of rotatable bonds is 6. The molecule has 1 saturated heterocycles. The molecule has 5 rings (SSSR count). The highest BCUT2D eigenvalue weighted by atomic mass is 32.1.